The van der Waals surface area contributed by atoms with Gasteiger partial charge in [0.2, 0.25) is 0 Å². The Morgan fingerprint density at radius 3 is 2.14 bits per heavy atom. The molecule has 0 aromatic carbocycles. The summed E-state index contributed by atoms with van der Waals surface area (Å²) in [5.41, 5.74) is -0.102. The molecular formula is C15H25NO6. The van der Waals surface area contributed by atoms with Crippen LogP contribution < -0.4 is 0 Å². The summed E-state index contributed by atoms with van der Waals surface area (Å²) >= 11 is 0. The maximum atomic E-state index is 11.9. The van der Waals surface area contributed by atoms with E-state index in [1.54, 1.807) is 6.92 Å². The van der Waals surface area contributed by atoms with Crippen LogP contribution in [0.2, 0.25) is 0 Å². The van der Waals surface area contributed by atoms with Gasteiger partial charge >= 0.3 is 5.97 Å². The normalized spacial score (nSPS) is 16.5. The van der Waals surface area contributed by atoms with Crippen molar-refractivity contribution in [1.82, 2.24) is 4.90 Å². The maximum Gasteiger partial charge on any atom is 0.313 e. The zero-order valence-electron chi connectivity index (χ0n) is 14.1. The molecule has 0 aromatic rings. The van der Waals surface area contributed by atoms with Crippen LogP contribution in [-0.2, 0) is 28.8 Å². The van der Waals surface area contributed by atoms with Crippen molar-refractivity contribution in [3.63, 3.8) is 0 Å². The zero-order valence-corrected chi connectivity index (χ0v) is 14.1. The van der Waals surface area contributed by atoms with E-state index in [1.807, 2.05) is 20.8 Å². The van der Waals surface area contributed by atoms with Crippen LogP contribution in [0.15, 0.2) is 11.6 Å². The molecule has 7 nitrogen and oxygen atoms in total. The molecule has 0 fully saturated rings. The minimum Gasteiger partial charge on any atom is -0.329 e. The Morgan fingerprint density at radius 1 is 1.14 bits per heavy atom. The van der Waals surface area contributed by atoms with Crippen molar-refractivity contribution in [2.45, 2.75) is 52.1 Å². The van der Waals surface area contributed by atoms with E-state index in [0.29, 0.717) is 5.57 Å². The summed E-state index contributed by atoms with van der Waals surface area (Å²) in [6.45, 7) is 7.39. The average Bonchev–Trinajstić information content (AvgIpc) is 2.74. The van der Waals surface area contributed by atoms with Gasteiger partial charge in [-0.3, -0.25) is 14.5 Å². The number of amides is 2. The molecule has 0 aromatic heterocycles. The summed E-state index contributed by atoms with van der Waals surface area (Å²) in [5.74, 6) is -2.15. The first-order valence-corrected chi connectivity index (χ1v) is 7.21. The lowest BCUT2D eigenvalue weighted by molar-refractivity contribution is -0.522. The SMILES string of the molecule is CCC(C)(C)OOC(CCN1C(=O)C=C(C)C1=O)(OC)OC. The third-order valence-corrected chi connectivity index (χ3v) is 3.70. The van der Waals surface area contributed by atoms with Gasteiger partial charge in [0, 0.05) is 32.4 Å². The Kier molecular flexibility index (Phi) is 6.25. The summed E-state index contributed by atoms with van der Waals surface area (Å²) in [4.78, 5) is 35.4. The first-order chi connectivity index (χ1) is 10.2. The van der Waals surface area contributed by atoms with Gasteiger partial charge in [-0.2, -0.15) is 4.89 Å². The first kappa shape index (κ1) is 18.8. The van der Waals surface area contributed by atoms with Crippen LogP contribution in [0.25, 0.3) is 0 Å². The van der Waals surface area contributed by atoms with Crippen LogP contribution >= 0.6 is 0 Å². The standard InChI is InChI=1S/C15H25NO6/c1-7-14(3,4)21-22-15(19-5,20-6)8-9-16-12(17)10-11(2)13(16)18/h10H,7-9H2,1-6H3. The van der Waals surface area contributed by atoms with Gasteiger partial charge in [0.1, 0.15) is 0 Å². The van der Waals surface area contributed by atoms with Crippen molar-refractivity contribution in [2.75, 3.05) is 20.8 Å². The molecule has 0 spiro atoms. The minimum absolute atomic E-state index is 0.100. The second kappa shape index (κ2) is 7.32. The second-order valence-corrected chi connectivity index (χ2v) is 5.74. The molecule has 0 radical (unpaired) electrons. The van der Waals surface area contributed by atoms with Gasteiger partial charge in [0.25, 0.3) is 11.8 Å². The maximum absolute atomic E-state index is 11.9. The summed E-state index contributed by atoms with van der Waals surface area (Å²) in [5, 5.41) is 0. The fraction of sp³-hybridized carbons (Fsp3) is 0.733. The van der Waals surface area contributed by atoms with Crippen molar-refractivity contribution < 1.29 is 28.8 Å². The Balaban J connectivity index is 2.68. The van der Waals surface area contributed by atoms with E-state index in [4.69, 9.17) is 19.2 Å². The third kappa shape index (κ3) is 4.36. The van der Waals surface area contributed by atoms with Crippen LogP contribution in [0.3, 0.4) is 0 Å². The van der Waals surface area contributed by atoms with Crippen LogP contribution in [0.4, 0.5) is 0 Å². The molecule has 2 amide bonds. The van der Waals surface area contributed by atoms with E-state index in [1.165, 1.54) is 20.3 Å². The van der Waals surface area contributed by atoms with Crippen molar-refractivity contribution >= 4 is 11.8 Å². The lowest BCUT2D eigenvalue weighted by Crippen LogP contribution is -2.44. The van der Waals surface area contributed by atoms with Gasteiger partial charge in [0.15, 0.2) is 0 Å². The monoisotopic (exact) mass is 315 g/mol. The number of carbonyl (C=O) groups excluding carboxylic acids is 2. The van der Waals surface area contributed by atoms with Crippen LogP contribution in [-0.4, -0.2) is 49.1 Å². The molecule has 0 aliphatic carbocycles. The van der Waals surface area contributed by atoms with Crippen molar-refractivity contribution in [3.05, 3.63) is 11.6 Å². The molecule has 0 N–H and O–H groups in total. The Hall–Kier alpha value is -1.28. The minimum atomic E-state index is -1.48. The number of imide groups is 1. The number of hydrogen-bond acceptors (Lipinski definition) is 6. The highest BCUT2D eigenvalue weighted by atomic mass is 17.3. The highest BCUT2D eigenvalue weighted by molar-refractivity contribution is 6.15. The second-order valence-electron chi connectivity index (χ2n) is 5.74. The van der Waals surface area contributed by atoms with Crippen LogP contribution in [0.5, 0.6) is 0 Å². The Bertz CT molecular complexity index is 453. The van der Waals surface area contributed by atoms with Gasteiger partial charge in [0.05, 0.1) is 12.0 Å². The van der Waals surface area contributed by atoms with E-state index >= 15 is 0 Å². The molecular weight excluding hydrogens is 290 g/mol. The lowest BCUT2D eigenvalue weighted by Gasteiger charge is -2.33. The number of rotatable bonds is 9. The quantitative estimate of drug-likeness (QED) is 0.279. The predicted octanol–water partition coefficient (Wildman–Crippen LogP) is 1.77. The predicted molar refractivity (Wildman–Crippen MR) is 78.4 cm³/mol. The summed E-state index contributed by atoms with van der Waals surface area (Å²) in [6, 6.07) is 0. The van der Waals surface area contributed by atoms with Crippen molar-refractivity contribution in [1.29, 1.82) is 0 Å². The number of nitrogens with zero attached hydrogens (tertiary/aromatic N) is 1. The van der Waals surface area contributed by atoms with E-state index in [9.17, 15) is 9.59 Å². The molecule has 0 saturated heterocycles. The number of methoxy groups -OCH3 is 2. The Morgan fingerprint density at radius 2 is 1.73 bits per heavy atom. The molecule has 126 valence electrons. The molecule has 1 aliphatic heterocycles. The first-order valence-electron chi connectivity index (χ1n) is 7.21. The molecule has 0 atom stereocenters. The molecule has 0 bridgehead atoms. The van der Waals surface area contributed by atoms with Gasteiger partial charge < -0.3 is 9.47 Å². The fourth-order valence-corrected chi connectivity index (χ4v) is 1.73. The lowest BCUT2D eigenvalue weighted by atomic mass is 10.1. The van der Waals surface area contributed by atoms with Gasteiger partial charge in [-0.1, -0.05) is 6.92 Å². The van der Waals surface area contributed by atoms with Crippen molar-refractivity contribution in [3.8, 4) is 0 Å². The van der Waals surface area contributed by atoms with E-state index in [0.717, 1.165) is 11.3 Å². The number of ether oxygens (including phenoxy) is 2. The molecule has 1 heterocycles. The number of hydrogen-bond donors (Lipinski definition) is 0. The molecule has 1 aliphatic rings. The van der Waals surface area contributed by atoms with E-state index in [-0.39, 0.29) is 24.8 Å². The smallest absolute Gasteiger partial charge is 0.313 e. The van der Waals surface area contributed by atoms with E-state index in [2.05, 4.69) is 0 Å². The topological polar surface area (TPSA) is 74.3 Å². The summed E-state index contributed by atoms with van der Waals surface area (Å²) in [6.07, 6.45) is 2.16. The van der Waals surface area contributed by atoms with Gasteiger partial charge in [-0.15, -0.1) is 0 Å². The van der Waals surface area contributed by atoms with Gasteiger partial charge in [-0.25, -0.2) is 4.89 Å². The molecule has 22 heavy (non-hydrogen) atoms. The zero-order chi connectivity index (χ0) is 17.0. The largest absolute Gasteiger partial charge is 0.329 e. The van der Waals surface area contributed by atoms with E-state index < -0.39 is 11.6 Å². The number of carbonyl (C=O) groups is 2. The molecule has 7 heteroatoms. The third-order valence-electron chi connectivity index (χ3n) is 3.70. The molecule has 0 unspecified atom stereocenters. The van der Waals surface area contributed by atoms with Crippen LogP contribution in [0, 0.1) is 0 Å². The Labute approximate surface area is 131 Å². The highest BCUT2D eigenvalue weighted by Gasteiger charge is 2.38. The summed E-state index contributed by atoms with van der Waals surface area (Å²) < 4.78 is 10.5. The average molecular weight is 315 g/mol. The fourth-order valence-electron chi connectivity index (χ4n) is 1.73. The molecule has 1 rings (SSSR count). The highest BCUT2D eigenvalue weighted by Crippen LogP contribution is 2.25. The van der Waals surface area contributed by atoms with Crippen molar-refractivity contribution in [2.24, 2.45) is 0 Å². The van der Waals surface area contributed by atoms with Crippen LogP contribution in [0.1, 0.15) is 40.5 Å². The summed E-state index contributed by atoms with van der Waals surface area (Å²) in [7, 11) is 2.81. The van der Waals surface area contributed by atoms with Gasteiger partial charge in [-0.05, 0) is 27.2 Å². The molecule has 0 saturated carbocycles.